The number of epoxide rings is 1. The maximum atomic E-state index is 12.6. The molecule has 7 heteroatoms. The summed E-state index contributed by atoms with van der Waals surface area (Å²) in [6.45, 7) is 6.21. The number of hydrogen-bond acceptors (Lipinski definition) is 7. The molecule has 3 heterocycles. The van der Waals surface area contributed by atoms with Gasteiger partial charge >= 0.3 is 11.9 Å². The van der Waals surface area contributed by atoms with Crippen molar-refractivity contribution in [3.05, 3.63) is 60.1 Å². The molecule has 1 aromatic heterocycles. The Labute approximate surface area is 180 Å². The fourth-order valence-electron chi connectivity index (χ4n) is 4.60. The highest BCUT2D eigenvalue weighted by atomic mass is 16.6. The van der Waals surface area contributed by atoms with Crippen LogP contribution in [0.5, 0.6) is 0 Å². The molecule has 1 aliphatic carbocycles. The van der Waals surface area contributed by atoms with E-state index in [1.54, 1.807) is 24.4 Å². The minimum Gasteiger partial charge on any atom is -0.458 e. The van der Waals surface area contributed by atoms with Gasteiger partial charge in [-0.25, -0.2) is 19.6 Å². The van der Waals surface area contributed by atoms with Crippen LogP contribution in [0.25, 0.3) is 10.9 Å². The highest BCUT2D eigenvalue weighted by molar-refractivity contribution is 5.94. The number of aromatic nitrogens is 2. The fourth-order valence-corrected chi connectivity index (χ4v) is 4.60. The Morgan fingerprint density at radius 2 is 2.26 bits per heavy atom. The molecular weight excluding hydrogens is 396 g/mol. The first kappa shape index (κ1) is 19.9. The first-order valence-electron chi connectivity index (χ1n) is 10.6. The minimum atomic E-state index is -0.386. The van der Waals surface area contributed by atoms with Crippen LogP contribution in [0, 0.1) is 5.92 Å². The van der Waals surface area contributed by atoms with E-state index in [0.717, 1.165) is 29.3 Å². The average Bonchev–Trinajstić information content (AvgIpc) is 3.37. The molecule has 5 rings (SSSR count). The van der Waals surface area contributed by atoms with Gasteiger partial charge in [-0.1, -0.05) is 12.7 Å². The number of carbonyl (C=O) groups excluding carboxylic acids is 2. The summed E-state index contributed by atoms with van der Waals surface area (Å²) in [6, 6.07) is 5.23. The van der Waals surface area contributed by atoms with Gasteiger partial charge < -0.3 is 14.2 Å². The summed E-state index contributed by atoms with van der Waals surface area (Å²) in [5.41, 5.74) is 2.51. The molecule has 1 aromatic carbocycles. The lowest BCUT2D eigenvalue weighted by Gasteiger charge is -2.20. The Balaban J connectivity index is 1.28. The highest BCUT2D eigenvalue weighted by Gasteiger charge is 2.61. The molecule has 0 amide bonds. The van der Waals surface area contributed by atoms with Gasteiger partial charge in [-0.05, 0) is 56.4 Å². The van der Waals surface area contributed by atoms with Gasteiger partial charge in [0, 0.05) is 23.1 Å². The molecule has 0 spiro atoms. The van der Waals surface area contributed by atoms with E-state index in [1.807, 2.05) is 0 Å². The third kappa shape index (κ3) is 3.74. The monoisotopic (exact) mass is 420 g/mol. The number of fused-ring (bicyclic) bond motifs is 4. The van der Waals surface area contributed by atoms with Crippen molar-refractivity contribution in [2.75, 3.05) is 6.61 Å². The molecule has 2 aromatic rings. The predicted molar refractivity (Wildman–Crippen MR) is 112 cm³/mol. The van der Waals surface area contributed by atoms with Crippen LogP contribution in [0.15, 0.2) is 54.5 Å². The number of carbonyl (C=O) groups is 2. The number of allylic oxidation sites excluding steroid dienone is 1. The van der Waals surface area contributed by atoms with Crippen LogP contribution < -0.4 is 0 Å². The van der Waals surface area contributed by atoms with Crippen LogP contribution in [-0.4, -0.2) is 46.3 Å². The summed E-state index contributed by atoms with van der Waals surface area (Å²) in [5.74, 6) is -0.788. The Morgan fingerprint density at radius 1 is 1.39 bits per heavy atom. The van der Waals surface area contributed by atoms with Gasteiger partial charge in [-0.2, -0.15) is 0 Å². The average molecular weight is 420 g/mol. The highest BCUT2D eigenvalue weighted by Crippen LogP contribution is 2.49. The van der Waals surface area contributed by atoms with Gasteiger partial charge in [0.15, 0.2) is 0 Å². The Hall–Kier alpha value is -3.06. The van der Waals surface area contributed by atoms with Gasteiger partial charge in [0.05, 0.1) is 16.7 Å². The van der Waals surface area contributed by atoms with Gasteiger partial charge in [-0.3, -0.25) is 0 Å². The number of benzene rings is 1. The first-order chi connectivity index (χ1) is 14.9. The second kappa shape index (κ2) is 7.57. The molecule has 160 valence electrons. The second-order valence-corrected chi connectivity index (χ2v) is 8.66. The summed E-state index contributed by atoms with van der Waals surface area (Å²) in [7, 11) is 0. The predicted octanol–water partition coefficient (Wildman–Crippen LogP) is 3.54. The number of rotatable bonds is 3. The molecule has 0 bridgehead atoms. The lowest BCUT2D eigenvalue weighted by atomic mass is 9.84. The molecule has 7 nitrogen and oxygen atoms in total. The summed E-state index contributed by atoms with van der Waals surface area (Å²) >= 11 is 0. The van der Waals surface area contributed by atoms with E-state index in [9.17, 15) is 9.59 Å². The van der Waals surface area contributed by atoms with Crippen LogP contribution in [0.4, 0.5) is 0 Å². The zero-order valence-electron chi connectivity index (χ0n) is 17.4. The normalized spacial score (nSPS) is 30.1. The van der Waals surface area contributed by atoms with E-state index in [-0.39, 0.29) is 42.3 Å². The Bertz CT molecular complexity index is 1110. The number of esters is 2. The molecule has 2 fully saturated rings. The maximum absolute atomic E-state index is 12.6. The Morgan fingerprint density at radius 3 is 3.13 bits per heavy atom. The fraction of sp³-hybridized carbons (Fsp3) is 0.417. The Kier molecular flexibility index (Phi) is 4.85. The molecule has 2 saturated heterocycles. The van der Waals surface area contributed by atoms with Crippen LogP contribution in [0.3, 0.4) is 0 Å². The number of ether oxygens (including phenoxy) is 3. The first-order valence-corrected chi connectivity index (χ1v) is 10.6. The second-order valence-electron chi connectivity index (χ2n) is 8.66. The van der Waals surface area contributed by atoms with Crippen molar-refractivity contribution >= 4 is 22.8 Å². The molecule has 31 heavy (non-hydrogen) atoms. The van der Waals surface area contributed by atoms with Crippen LogP contribution in [0.2, 0.25) is 0 Å². The van der Waals surface area contributed by atoms with E-state index in [2.05, 4.69) is 29.5 Å². The summed E-state index contributed by atoms with van der Waals surface area (Å²) in [5, 5.41) is 0.789. The third-order valence-electron chi connectivity index (χ3n) is 6.57. The van der Waals surface area contributed by atoms with Gasteiger partial charge in [0.1, 0.15) is 25.1 Å². The lowest BCUT2D eigenvalue weighted by Crippen LogP contribution is -2.29. The molecule has 3 aliphatic rings. The third-order valence-corrected chi connectivity index (χ3v) is 6.57. The molecule has 2 aliphatic heterocycles. The SMILES string of the molecule is C=C1C(=O)O[C@H]2[C@H]1CCC(COC(=O)c1ccc3ncncc3c1)=CCC[C@@]1(C)O[C@@H]21. The zero-order valence-corrected chi connectivity index (χ0v) is 17.4. The minimum absolute atomic E-state index is 0.0645. The van der Waals surface area contributed by atoms with Gasteiger partial charge in [0.2, 0.25) is 0 Å². The quantitative estimate of drug-likeness (QED) is 0.325. The largest absolute Gasteiger partial charge is 0.458 e. The van der Waals surface area contributed by atoms with Crippen molar-refractivity contribution < 1.29 is 23.8 Å². The summed E-state index contributed by atoms with van der Waals surface area (Å²) < 4.78 is 17.1. The van der Waals surface area contributed by atoms with Crippen LogP contribution in [0.1, 0.15) is 43.0 Å². The lowest BCUT2D eigenvalue weighted by molar-refractivity contribution is -0.140. The van der Waals surface area contributed by atoms with Crippen LogP contribution >= 0.6 is 0 Å². The molecule has 0 radical (unpaired) electrons. The van der Waals surface area contributed by atoms with Crippen molar-refractivity contribution in [3.8, 4) is 0 Å². The molecular formula is C24H24N2O5. The number of nitrogens with zero attached hydrogens (tertiary/aromatic N) is 2. The van der Waals surface area contributed by atoms with Crippen molar-refractivity contribution in [2.24, 2.45) is 5.92 Å². The topological polar surface area (TPSA) is 90.9 Å². The van der Waals surface area contributed by atoms with Crippen molar-refractivity contribution in [3.63, 3.8) is 0 Å². The van der Waals surface area contributed by atoms with Gasteiger partial charge in [0.25, 0.3) is 0 Å². The smallest absolute Gasteiger partial charge is 0.338 e. The van der Waals surface area contributed by atoms with E-state index in [1.165, 1.54) is 6.33 Å². The standard InChI is InChI=1S/C24H24N2O5/c1-14-18-7-5-15(4-3-9-24(2)21(31-24)20(18)30-22(14)27)12-29-23(28)16-6-8-19-17(10-16)11-25-13-26-19/h4,6,8,10-11,13,18,20-21H,1,3,5,7,9,12H2,2H3/t18-,20-,21-,24+/m0/s1. The van der Waals surface area contributed by atoms with E-state index < -0.39 is 0 Å². The molecule has 0 saturated carbocycles. The summed E-state index contributed by atoms with van der Waals surface area (Å²) in [6.07, 6.45) is 8.01. The molecule has 4 atom stereocenters. The van der Waals surface area contributed by atoms with E-state index in [4.69, 9.17) is 14.2 Å². The van der Waals surface area contributed by atoms with Gasteiger partial charge in [-0.15, -0.1) is 0 Å². The zero-order chi connectivity index (χ0) is 21.6. The van der Waals surface area contributed by atoms with Crippen LogP contribution in [-0.2, 0) is 19.0 Å². The van der Waals surface area contributed by atoms with Crippen molar-refractivity contribution in [2.45, 2.75) is 50.4 Å². The van der Waals surface area contributed by atoms with E-state index in [0.29, 0.717) is 24.0 Å². The van der Waals surface area contributed by atoms with Crippen molar-refractivity contribution in [1.82, 2.24) is 9.97 Å². The molecule has 0 N–H and O–H groups in total. The molecule has 0 unspecified atom stereocenters. The van der Waals surface area contributed by atoms with E-state index >= 15 is 0 Å². The number of hydrogen-bond donors (Lipinski definition) is 0. The maximum Gasteiger partial charge on any atom is 0.338 e. The summed E-state index contributed by atoms with van der Waals surface area (Å²) in [4.78, 5) is 32.9. The van der Waals surface area contributed by atoms with Crippen molar-refractivity contribution in [1.29, 1.82) is 0 Å².